The van der Waals surface area contributed by atoms with E-state index in [4.69, 9.17) is 16.7 Å². The van der Waals surface area contributed by atoms with Crippen LogP contribution in [0.15, 0.2) is 47.6 Å². The van der Waals surface area contributed by atoms with Crippen LogP contribution >= 0.6 is 11.6 Å². The SMILES string of the molecule is O=C(O)c1cc(NN=Cc2ccccc2OC(F)F)ccc1Cl. The standard InChI is InChI=1S/C15H11ClF2N2O3/c16-12-6-5-10(7-11(12)14(21)22)20-19-8-9-3-1-2-4-13(9)23-15(17)18/h1-8,15,20H,(H,21,22). The molecule has 0 atom stereocenters. The zero-order valence-corrected chi connectivity index (χ0v) is 12.3. The molecule has 0 aromatic heterocycles. The first-order chi connectivity index (χ1) is 11.0. The van der Waals surface area contributed by atoms with E-state index < -0.39 is 12.6 Å². The molecular formula is C15H11ClF2N2O3. The largest absolute Gasteiger partial charge is 0.478 e. The smallest absolute Gasteiger partial charge is 0.387 e. The van der Waals surface area contributed by atoms with Crippen LogP contribution in [0.5, 0.6) is 5.75 Å². The number of halogens is 3. The van der Waals surface area contributed by atoms with E-state index in [2.05, 4.69) is 15.3 Å². The third kappa shape index (κ3) is 4.65. The molecule has 5 nitrogen and oxygen atoms in total. The first-order valence-electron chi connectivity index (χ1n) is 6.33. The van der Waals surface area contributed by atoms with Crippen molar-refractivity contribution in [3.8, 4) is 5.75 Å². The molecule has 0 saturated carbocycles. The second-order valence-electron chi connectivity index (χ2n) is 4.29. The number of nitrogens with zero attached hydrogens (tertiary/aromatic N) is 1. The molecule has 0 spiro atoms. The normalized spacial score (nSPS) is 11.0. The average Bonchev–Trinajstić information content (AvgIpc) is 2.50. The molecule has 0 aliphatic rings. The van der Waals surface area contributed by atoms with Gasteiger partial charge in [0.05, 0.1) is 22.5 Å². The van der Waals surface area contributed by atoms with Gasteiger partial charge in [0.1, 0.15) is 5.75 Å². The number of ether oxygens (including phenoxy) is 1. The van der Waals surface area contributed by atoms with Crippen LogP contribution in [0.2, 0.25) is 5.02 Å². The summed E-state index contributed by atoms with van der Waals surface area (Å²) in [4.78, 5) is 11.0. The van der Waals surface area contributed by atoms with Crippen molar-refractivity contribution in [1.82, 2.24) is 0 Å². The van der Waals surface area contributed by atoms with Crippen LogP contribution in [-0.2, 0) is 0 Å². The molecule has 23 heavy (non-hydrogen) atoms. The molecule has 2 aromatic carbocycles. The Balaban J connectivity index is 2.14. The summed E-state index contributed by atoms with van der Waals surface area (Å²) < 4.78 is 29.0. The Morgan fingerprint density at radius 2 is 2.04 bits per heavy atom. The molecule has 0 radical (unpaired) electrons. The monoisotopic (exact) mass is 340 g/mol. The van der Waals surface area contributed by atoms with E-state index in [0.717, 1.165) is 0 Å². The molecule has 120 valence electrons. The molecule has 0 bridgehead atoms. The lowest BCUT2D eigenvalue weighted by Crippen LogP contribution is -2.04. The second-order valence-corrected chi connectivity index (χ2v) is 4.69. The summed E-state index contributed by atoms with van der Waals surface area (Å²) in [5, 5.41) is 12.9. The predicted octanol–water partition coefficient (Wildman–Crippen LogP) is 4.09. The number of para-hydroxylation sites is 1. The maximum Gasteiger partial charge on any atom is 0.387 e. The number of carbonyl (C=O) groups is 1. The van der Waals surface area contributed by atoms with Crippen LogP contribution in [-0.4, -0.2) is 23.9 Å². The van der Waals surface area contributed by atoms with Crippen molar-refractivity contribution in [2.75, 3.05) is 5.43 Å². The number of benzene rings is 2. The fourth-order valence-electron chi connectivity index (χ4n) is 1.73. The van der Waals surface area contributed by atoms with E-state index >= 15 is 0 Å². The number of anilines is 1. The van der Waals surface area contributed by atoms with E-state index in [0.29, 0.717) is 11.3 Å². The van der Waals surface area contributed by atoms with E-state index in [1.165, 1.54) is 30.5 Å². The summed E-state index contributed by atoms with van der Waals surface area (Å²) in [7, 11) is 0. The van der Waals surface area contributed by atoms with Gasteiger partial charge in [-0.15, -0.1) is 0 Å². The van der Waals surface area contributed by atoms with E-state index in [1.54, 1.807) is 18.2 Å². The number of rotatable bonds is 6. The summed E-state index contributed by atoms with van der Waals surface area (Å²) in [6.45, 7) is -2.94. The fourth-order valence-corrected chi connectivity index (χ4v) is 1.92. The zero-order chi connectivity index (χ0) is 16.8. The van der Waals surface area contributed by atoms with Crippen LogP contribution in [0.3, 0.4) is 0 Å². The maximum absolute atomic E-state index is 12.3. The first-order valence-corrected chi connectivity index (χ1v) is 6.71. The molecule has 0 amide bonds. The number of hydrogen-bond acceptors (Lipinski definition) is 4. The summed E-state index contributed by atoms with van der Waals surface area (Å²) in [6.07, 6.45) is 1.28. The molecule has 0 aliphatic heterocycles. The van der Waals surface area contributed by atoms with Crippen molar-refractivity contribution < 1.29 is 23.4 Å². The van der Waals surface area contributed by atoms with Crippen molar-refractivity contribution in [2.24, 2.45) is 5.10 Å². The van der Waals surface area contributed by atoms with Crippen LogP contribution in [0, 0.1) is 0 Å². The summed E-state index contributed by atoms with van der Waals surface area (Å²) in [6, 6.07) is 10.4. The highest BCUT2D eigenvalue weighted by molar-refractivity contribution is 6.33. The Labute approximate surface area is 135 Å². The lowest BCUT2D eigenvalue weighted by atomic mass is 10.2. The van der Waals surface area contributed by atoms with Gasteiger partial charge < -0.3 is 9.84 Å². The first kappa shape index (κ1) is 16.7. The van der Waals surface area contributed by atoms with Gasteiger partial charge in [0.25, 0.3) is 0 Å². The highest BCUT2D eigenvalue weighted by Crippen LogP contribution is 2.21. The minimum atomic E-state index is -2.94. The lowest BCUT2D eigenvalue weighted by Gasteiger charge is -2.07. The number of carboxylic acids is 1. The third-order valence-electron chi connectivity index (χ3n) is 2.73. The number of alkyl halides is 2. The van der Waals surface area contributed by atoms with Gasteiger partial charge in [-0.2, -0.15) is 13.9 Å². The number of carboxylic acid groups (broad SMARTS) is 1. The van der Waals surface area contributed by atoms with E-state index in [-0.39, 0.29) is 16.3 Å². The fraction of sp³-hybridized carbons (Fsp3) is 0.0667. The Morgan fingerprint density at radius 1 is 1.30 bits per heavy atom. The molecule has 0 heterocycles. The molecule has 8 heteroatoms. The molecule has 2 N–H and O–H groups in total. The third-order valence-corrected chi connectivity index (χ3v) is 3.06. The Hall–Kier alpha value is -2.67. The van der Waals surface area contributed by atoms with Crippen LogP contribution in [0.4, 0.5) is 14.5 Å². The maximum atomic E-state index is 12.3. The Kier molecular flexibility index (Phi) is 5.48. The minimum Gasteiger partial charge on any atom is -0.478 e. The molecular weight excluding hydrogens is 330 g/mol. The Bertz CT molecular complexity index is 738. The van der Waals surface area contributed by atoms with Gasteiger partial charge in [-0.25, -0.2) is 4.79 Å². The van der Waals surface area contributed by atoms with Crippen molar-refractivity contribution in [3.05, 3.63) is 58.6 Å². The second kappa shape index (κ2) is 7.55. The van der Waals surface area contributed by atoms with Gasteiger partial charge in [0, 0.05) is 5.56 Å². The van der Waals surface area contributed by atoms with Crippen molar-refractivity contribution in [3.63, 3.8) is 0 Å². The number of hydrogen-bond donors (Lipinski definition) is 2. The zero-order valence-electron chi connectivity index (χ0n) is 11.5. The molecule has 0 aliphatic carbocycles. The highest BCUT2D eigenvalue weighted by Gasteiger charge is 2.09. The quantitative estimate of drug-likeness (QED) is 0.614. The van der Waals surface area contributed by atoms with Gasteiger partial charge in [-0.05, 0) is 30.3 Å². The topological polar surface area (TPSA) is 70.9 Å². The van der Waals surface area contributed by atoms with Gasteiger partial charge in [-0.1, -0.05) is 23.7 Å². The van der Waals surface area contributed by atoms with Gasteiger partial charge in [0.15, 0.2) is 0 Å². The predicted molar refractivity (Wildman–Crippen MR) is 82.7 cm³/mol. The highest BCUT2D eigenvalue weighted by atomic mass is 35.5. The van der Waals surface area contributed by atoms with Crippen LogP contribution in [0.25, 0.3) is 0 Å². The molecule has 0 saturated heterocycles. The van der Waals surface area contributed by atoms with Gasteiger partial charge >= 0.3 is 12.6 Å². The van der Waals surface area contributed by atoms with Crippen LogP contribution < -0.4 is 10.2 Å². The van der Waals surface area contributed by atoms with Crippen LogP contribution in [0.1, 0.15) is 15.9 Å². The minimum absolute atomic E-state index is 0.0182. The lowest BCUT2D eigenvalue weighted by molar-refractivity contribution is -0.0499. The van der Waals surface area contributed by atoms with E-state index in [9.17, 15) is 13.6 Å². The summed E-state index contributed by atoms with van der Waals surface area (Å²) >= 11 is 5.76. The molecule has 0 fully saturated rings. The summed E-state index contributed by atoms with van der Waals surface area (Å²) in [5.74, 6) is -1.19. The number of nitrogens with one attached hydrogen (secondary N) is 1. The molecule has 2 rings (SSSR count). The van der Waals surface area contributed by atoms with Crippen molar-refractivity contribution >= 4 is 29.5 Å². The van der Waals surface area contributed by atoms with Gasteiger partial charge in [0.2, 0.25) is 0 Å². The summed E-state index contributed by atoms with van der Waals surface area (Å²) in [5.41, 5.74) is 3.25. The van der Waals surface area contributed by atoms with Crippen molar-refractivity contribution in [2.45, 2.75) is 6.61 Å². The molecule has 2 aromatic rings. The van der Waals surface area contributed by atoms with Gasteiger partial charge in [-0.3, -0.25) is 5.43 Å². The Morgan fingerprint density at radius 3 is 2.74 bits per heavy atom. The van der Waals surface area contributed by atoms with E-state index in [1.807, 2.05) is 0 Å². The average molecular weight is 341 g/mol. The number of hydrazone groups is 1. The number of aromatic carboxylic acids is 1. The van der Waals surface area contributed by atoms with Crippen molar-refractivity contribution in [1.29, 1.82) is 0 Å². The molecule has 0 unspecified atom stereocenters.